The minimum absolute atomic E-state index is 0.109. The Kier molecular flexibility index (Phi) is 4.74. The second-order valence-corrected chi connectivity index (χ2v) is 4.95. The molecule has 1 aliphatic rings. The Balaban J connectivity index is 1.84. The van der Waals surface area contributed by atoms with E-state index >= 15 is 0 Å². The van der Waals surface area contributed by atoms with Crippen molar-refractivity contribution in [2.24, 2.45) is 5.41 Å². The monoisotopic (exact) mass is 269 g/mol. The van der Waals surface area contributed by atoms with Crippen LogP contribution in [0.25, 0.3) is 0 Å². The molecule has 2 N–H and O–H groups in total. The highest BCUT2D eigenvalue weighted by molar-refractivity contribution is 5.29. The molecular weight excluding hydrogens is 249 g/mol. The zero-order valence-electron chi connectivity index (χ0n) is 11.1. The molecule has 106 valence electrons. The van der Waals surface area contributed by atoms with Gasteiger partial charge in [0.25, 0.3) is 0 Å². The fourth-order valence-electron chi connectivity index (χ4n) is 2.04. The van der Waals surface area contributed by atoms with Gasteiger partial charge in [-0.15, -0.1) is 0 Å². The number of ether oxygens (including phenoxy) is 2. The van der Waals surface area contributed by atoms with Crippen molar-refractivity contribution in [2.45, 2.75) is 13.5 Å². The smallest absolute Gasteiger partial charge is 0.165 e. The van der Waals surface area contributed by atoms with Crippen molar-refractivity contribution in [3.63, 3.8) is 0 Å². The van der Waals surface area contributed by atoms with Gasteiger partial charge in [0.05, 0.1) is 31.8 Å². The van der Waals surface area contributed by atoms with Crippen molar-refractivity contribution in [3.8, 4) is 5.75 Å². The lowest BCUT2D eigenvalue weighted by molar-refractivity contribution is -0.134. The topological polar surface area (TPSA) is 50.7 Å². The van der Waals surface area contributed by atoms with Crippen molar-refractivity contribution in [3.05, 3.63) is 29.6 Å². The summed E-state index contributed by atoms with van der Waals surface area (Å²) in [7, 11) is 0. The summed E-state index contributed by atoms with van der Waals surface area (Å²) < 4.78 is 23.9. The van der Waals surface area contributed by atoms with Crippen molar-refractivity contribution < 1.29 is 19.0 Å². The van der Waals surface area contributed by atoms with Crippen LogP contribution in [0.1, 0.15) is 12.5 Å². The number of rotatable bonds is 7. The van der Waals surface area contributed by atoms with E-state index in [9.17, 15) is 9.50 Å². The molecule has 1 heterocycles. The number of hydrogen-bond acceptors (Lipinski definition) is 4. The summed E-state index contributed by atoms with van der Waals surface area (Å²) in [5, 5.41) is 12.5. The van der Waals surface area contributed by atoms with Crippen LogP contribution >= 0.6 is 0 Å². The molecule has 0 spiro atoms. The SMILES string of the molecule is CCOc1ccc(CNCC2(CO)COC2)cc1F. The predicted octanol–water partition coefficient (Wildman–Crippen LogP) is 1.32. The van der Waals surface area contributed by atoms with Crippen LogP contribution in [0.2, 0.25) is 0 Å². The molecule has 1 aromatic carbocycles. The minimum atomic E-state index is -0.343. The van der Waals surface area contributed by atoms with E-state index in [1.165, 1.54) is 6.07 Å². The maximum absolute atomic E-state index is 13.6. The Morgan fingerprint density at radius 3 is 2.79 bits per heavy atom. The minimum Gasteiger partial charge on any atom is -0.491 e. The fraction of sp³-hybridized carbons (Fsp3) is 0.571. The summed E-state index contributed by atoms with van der Waals surface area (Å²) in [6, 6.07) is 4.95. The summed E-state index contributed by atoms with van der Waals surface area (Å²) >= 11 is 0. The Labute approximate surface area is 112 Å². The van der Waals surface area contributed by atoms with Gasteiger partial charge >= 0.3 is 0 Å². The average Bonchev–Trinajstić information content (AvgIpc) is 2.36. The lowest BCUT2D eigenvalue weighted by atomic mass is 9.87. The van der Waals surface area contributed by atoms with E-state index in [1.54, 1.807) is 6.07 Å². The predicted molar refractivity (Wildman–Crippen MR) is 69.6 cm³/mol. The van der Waals surface area contributed by atoms with E-state index in [2.05, 4.69) is 5.32 Å². The number of halogens is 1. The Morgan fingerprint density at radius 2 is 2.26 bits per heavy atom. The van der Waals surface area contributed by atoms with Crippen LogP contribution in [0, 0.1) is 11.2 Å². The second-order valence-electron chi connectivity index (χ2n) is 4.95. The first-order chi connectivity index (χ1) is 9.19. The van der Waals surface area contributed by atoms with Gasteiger partial charge in [0.1, 0.15) is 0 Å². The van der Waals surface area contributed by atoms with Gasteiger partial charge in [0.15, 0.2) is 11.6 Å². The Morgan fingerprint density at radius 1 is 1.47 bits per heavy atom. The van der Waals surface area contributed by atoms with Gasteiger partial charge in [-0.05, 0) is 24.6 Å². The van der Waals surface area contributed by atoms with E-state index < -0.39 is 0 Å². The molecule has 0 bridgehead atoms. The third-order valence-electron chi connectivity index (χ3n) is 3.28. The van der Waals surface area contributed by atoms with E-state index in [0.29, 0.717) is 32.9 Å². The molecule has 1 saturated heterocycles. The molecule has 5 heteroatoms. The molecule has 0 radical (unpaired) electrons. The second kappa shape index (κ2) is 6.32. The lowest BCUT2D eigenvalue weighted by Crippen LogP contribution is -2.52. The molecule has 0 saturated carbocycles. The van der Waals surface area contributed by atoms with Gasteiger partial charge in [-0.1, -0.05) is 6.07 Å². The van der Waals surface area contributed by atoms with Crippen LogP contribution in [0.4, 0.5) is 4.39 Å². The van der Waals surface area contributed by atoms with Crippen molar-refractivity contribution in [2.75, 3.05) is 33.0 Å². The van der Waals surface area contributed by atoms with Gasteiger partial charge in [0.2, 0.25) is 0 Å². The van der Waals surface area contributed by atoms with Crippen LogP contribution < -0.4 is 10.1 Å². The third-order valence-corrected chi connectivity index (χ3v) is 3.28. The number of aliphatic hydroxyl groups is 1. The molecule has 0 aromatic heterocycles. The number of nitrogens with one attached hydrogen (secondary N) is 1. The molecule has 2 rings (SSSR count). The van der Waals surface area contributed by atoms with Crippen LogP contribution in [-0.2, 0) is 11.3 Å². The van der Waals surface area contributed by atoms with E-state index in [0.717, 1.165) is 5.56 Å². The molecule has 19 heavy (non-hydrogen) atoms. The molecule has 0 aliphatic carbocycles. The molecular formula is C14H20FNO3. The van der Waals surface area contributed by atoms with Gasteiger partial charge in [-0.3, -0.25) is 0 Å². The molecule has 0 atom stereocenters. The van der Waals surface area contributed by atoms with Crippen LogP contribution in [0.5, 0.6) is 5.75 Å². The summed E-state index contributed by atoms with van der Waals surface area (Å²) in [4.78, 5) is 0. The Hall–Kier alpha value is -1.17. The maximum atomic E-state index is 13.6. The van der Waals surface area contributed by atoms with E-state index in [1.807, 2.05) is 13.0 Å². The molecule has 1 fully saturated rings. The van der Waals surface area contributed by atoms with Crippen molar-refractivity contribution in [1.29, 1.82) is 0 Å². The van der Waals surface area contributed by atoms with Crippen LogP contribution in [0.3, 0.4) is 0 Å². The molecule has 1 aliphatic heterocycles. The summed E-state index contributed by atoms with van der Waals surface area (Å²) in [5.74, 6) is -0.0597. The third kappa shape index (κ3) is 3.43. The number of benzene rings is 1. The van der Waals surface area contributed by atoms with Gasteiger partial charge in [-0.25, -0.2) is 4.39 Å². The van der Waals surface area contributed by atoms with Crippen molar-refractivity contribution in [1.82, 2.24) is 5.32 Å². The van der Waals surface area contributed by atoms with Gasteiger partial charge < -0.3 is 19.9 Å². The van der Waals surface area contributed by atoms with E-state index in [4.69, 9.17) is 9.47 Å². The molecule has 0 unspecified atom stereocenters. The summed E-state index contributed by atoms with van der Waals surface area (Å²) in [6.45, 7) is 4.76. The molecule has 1 aromatic rings. The highest BCUT2D eigenvalue weighted by Crippen LogP contribution is 2.25. The first-order valence-electron chi connectivity index (χ1n) is 6.50. The zero-order chi connectivity index (χ0) is 13.7. The Bertz CT molecular complexity index is 416. The standard InChI is InChI=1S/C14H20FNO3/c1-2-19-13-4-3-11(5-12(13)15)6-16-7-14(8-17)9-18-10-14/h3-5,16-17H,2,6-10H2,1H3. The first kappa shape index (κ1) is 14.2. The summed E-state index contributed by atoms with van der Waals surface area (Å²) in [5.41, 5.74) is 0.693. The number of hydrogen-bond donors (Lipinski definition) is 2. The average molecular weight is 269 g/mol. The zero-order valence-corrected chi connectivity index (χ0v) is 11.1. The van der Waals surface area contributed by atoms with Gasteiger partial charge in [-0.2, -0.15) is 0 Å². The maximum Gasteiger partial charge on any atom is 0.165 e. The lowest BCUT2D eigenvalue weighted by Gasteiger charge is -2.40. The van der Waals surface area contributed by atoms with Crippen LogP contribution in [-0.4, -0.2) is 38.1 Å². The molecule has 4 nitrogen and oxygen atoms in total. The molecule has 0 amide bonds. The van der Waals surface area contributed by atoms with Crippen molar-refractivity contribution >= 4 is 0 Å². The summed E-state index contributed by atoms with van der Waals surface area (Å²) in [6.07, 6.45) is 0. The normalized spacial score (nSPS) is 17.0. The fourth-order valence-corrected chi connectivity index (χ4v) is 2.04. The van der Waals surface area contributed by atoms with E-state index in [-0.39, 0.29) is 23.6 Å². The first-order valence-corrected chi connectivity index (χ1v) is 6.50. The van der Waals surface area contributed by atoms with Crippen LogP contribution in [0.15, 0.2) is 18.2 Å². The largest absolute Gasteiger partial charge is 0.491 e. The van der Waals surface area contributed by atoms with Gasteiger partial charge in [0, 0.05) is 13.1 Å². The highest BCUT2D eigenvalue weighted by Gasteiger charge is 2.37. The highest BCUT2D eigenvalue weighted by atomic mass is 19.1. The number of aliphatic hydroxyl groups excluding tert-OH is 1. The quantitative estimate of drug-likeness (QED) is 0.784.